The molecule has 0 saturated carbocycles. The molecule has 1 heterocycles. The van der Waals surface area contributed by atoms with E-state index in [1.54, 1.807) is 0 Å². The van der Waals surface area contributed by atoms with Gasteiger partial charge >= 0.3 is 0 Å². The average Bonchev–Trinajstić information content (AvgIpc) is 2.83. The maximum Gasteiger partial charge on any atom is 0.0991 e. The second-order valence-electron chi connectivity index (χ2n) is 8.75. The number of benzene rings is 4. The quantitative estimate of drug-likeness (QED) is 0.282. The highest BCUT2D eigenvalue weighted by atomic mass is 14.7. The Bertz CT molecular complexity index is 1470. The van der Waals surface area contributed by atoms with Crippen molar-refractivity contribution in [3.63, 3.8) is 0 Å². The number of hydrogen-bond acceptors (Lipinski definition) is 2. The maximum absolute atomic E-state index is 9.25. The predicted molar refractivity (Wildman–Crippen MR) is 133 cm³/mol. The molecule has 1 aromatic heterocycles. The van der Waals surface area contributed by atoms with Gasteiger partial charge in [-0.3, -0.25) is 4.98 Å². The van der Waals surface area contributed by atoms with Crippen LogP contribution in [0.3, 0.4) is 0 Å². The molecule has 0 aliphatic carbocycles. The molecule has 0 radical (unpaired) electrons. The normalized spacial score (nSPS) is 11.2. The van der Waals surface area contributed by atoms with E-state index in [1.807, 2.05) is 24.4 Å². The van der Waals surface area contributed by atoms with Gasteiger partial charge in [0.1, 0.15) is 0 Å². The van der Waals surface area contributed by atoms with Gasteiger partial charge in [0.25, 0.3) is 0 Å². The van der Waals surface area contributed by atoms with E-state index in [1.165, 1.54) is 16.7 Å². The fourth-order valence-electron chi connectivity index (χ4n) is 4.51. The Morgan fingerprint density at radius 1 is 0.750 bits per heavy atom. The summed E-state index contributed by atoms with van der Waals surface area (Å²) in [7, 11) is 0. The number of nitrogens with zero attached hydrogens (tertiary/aromatic N) is 2. The van der Waals surface area contributed by atoms with Crippen LogP contribution in [0.4, 0.5) is 0 Å². The van der Waals surface area contributed by atoms with Crippen LogP contribution in [0.5, 0.6) is 0 Å². The highest BCUT2D eigenvalue weighted by Gasteiger charge is 2.12. The molecule has 0 aliphatic rings. The monoisotopic (exact) mass is 412 g/mol. The lowest BCUT2D eigenvalue weighted by atomic mass is 9.92. The summed E-state index contributed by atoms with van der Waals surface area (Å²) >= 11 is 0. The van der Waals surface area contributed by atoms with Gasteiger partial charge in [-0.1, -0.05) is 68.4 Å². The summed E-state index contributed by atoms with van der Waals surface area (Å²) < 4.78 is 0. The molecule has 2 nitrogen and oxygen atoms in total. The van der Waals surface area contributed by atoms with Crippen LogP contribution in [-0.4, -0.2) is 4.98 Å². The second-order valence-corrected chi connectivity index (χ2v) is 8.75. The van der Waals surface area contributed by atoms with Crippen molar-refractivity contribution in [3.8, 4) is 28.5 Å². The fraction of sp³-hybridized carbons (Fsp3) is 0.133. The van der Waals surface area contributed by atoms with E-state index in [0.29, 0.717) is 11.5 Å². The molecular weight excluding hydrogens is 388 g/mol. The van der Waals surface area contributed by atoms with Crippen LogP contribution in [0.1, 0.15) is 25.0 Å². The highest BCUT2D eigenvalue weighted by Crippen LogP contribution is 2.35. The molecule has 0 fully saturated rings. The molecule has 0 atom stereocenters. The highest BCUT2D eigenvalue weighted by molar-refractivity contribution is 6.11. The summed E-state index contributed by atoms with van der Waals surface area (Å²) in [4.78, 5) is 4.82. The van der Waals surface area contributed by atoms with Crippen LogP contribution < -0.4 is 0 Å². The molecule has 0 amide bonds. The van der Waals surface area contributed by atoms with E-state index in [-0.39, 0.29) is 0 Å². The van der Waals surface area contributed by atoms with E-state index in [0.717, 1.165) is 39.2 Å². The van der Waals surface area contributed by atoms with Gasteiger partial charge in [0.05, 0.1) is 17.3 Å². The minimum Gasteiger partial charge on any atom is -0.256 e. The van der Waals surface area contributed by atoms with E-state index >= 15 is 0 Å². The Kier molecular flexibility index (Phi) is 5.17. The third kappa shape index (κ3) is 3.74. The van der Waals surface area contributed by atoms with E-state index in [4.69, 9.17) is 4.98 Å². The Balaban J connectivity index is 1.74. The molecule has 0 bridgehead atoms. The zero-order valence-corrected chi connectivity index (χ0v) is 18.3. The van der Waals surface area contributed by atoms with Crippen molar-refractivity contribution in [1.82, 2.24) is 4.98 Å². The van der Waals surface area contributed by atoms with E-state index in [2.05, 4.69) is 86.6 Å². The lowest BCUT2D eigenvalue weighted by Crippen LogP contribution is -1.96. The molecular formula is C30H24N2. The molecule has 154 valence electrons. The molecule has 5 rings (SSSR count). The third-order valence-electron chi connectivity index (χ3n) is 5.91. The van der Waals surface area contributed by atoms with Gasteiger partial charge < -0.3 is 0 Å². The van der Waals surface area contributed by atoms with E-state index in [9.17, 15) is 5.26 Å². The van der Waals surface area contributed by atoms with Crippen molar-refractivity contribution in [2.75, 3.05) is 0 Å². The summed E-state index contributed by atoms with van der Waals surface area (Å²) in [5.41, 5.74) is 6.58. The number of hydrogen-bond donors (Lipinski definition) is 0. The Labute approximate surface area is 188 Å². The summed E-state index contributed by atoms with van der Waals surface area (Å²) in [6.45, 7) is 4.51. The Morgan fingerprint density at radius 3 is 2.31 bits per heavy atom. The first kappa shape index (κ1) is 20.0. The van der Waals surface area contributed by atoms with Crippen molar-refractivity contribution < 1.29 is 0 Å². The molecule has 0 saturated heterocycles. The van der Waals surface area contributed by atoms with Crippen LogP contribution >= 0.6 is 0 Å². The Hall–Kier alpha value is -3.96. The molecule has 5 aromatic rings. The van der Waals surface area contributed by atoms with Gasteiger partial charge in [-0.25, -0.2) is 0 Å². The van der Waals surface area contributed by atoms with Crippen molar-refractivity contribution >= 4 is 21.5 Å². The fourth-order valence-corrected chi connectivity index (χ4v) is 4.51. The topological polar surface area (TPSA) is 36.7 Å². The predicted octanol–water partition coefficient (Wildman–Crippen LogP) is 7.79. The largest absolute Gasteiger partial charge is 0.256 e. The smallest absolute Gasteiger partial charge is 0.0991 e. The lowest BCUT2D eigenvalue weighted by Gasteiger charge is -2.14. The van der Waals surface area contributed by atoms with Crippen molar-refractivity contribution in [2.45, 2.75) is 20.3 Å². The van der Waals surface area contributed by atoms with Crippen molar-refractivity contribution in [2.24, 2.45) is 5.92 Å². The number of aromatic nitrogens is 1. The Morgan fingerprint density at radius 2 is 1.53 bits per heavy atom. The van der Waals surface area contributed by atoms with Gasteiger partial charge in [-0.05, 0) is 75.5 Å². The first-order valence-corrected chi connectivity index (χ1v) is 11.0. The average molecular weight is 413 g/mol. The summed E-state index contributed by atoms with van der Waals surface area (Å²) in [5.74, 6) is 0.577. The van der Waals surface area contributed by atoms with Crippen LogP contribution in [-0.2, 0) is 6.42 Å². The zero-order valence-electron chi connectivity index (χ0n) is 18.3. The van der Waals surface area contributed by atoms with Crippen LogP contribution in [0.2, 0.25) is 0 Å². The second kappa shape index (κ2) is 8.29. The first-order valence-electron chi connectivity index (χ1n) is 11.0. The molecule has 0 N–H and O–H groups in total. The van der Waals surface area contributed by atoms with Crippen LogP contribution in [0, 0.1) is 17.2 Å². The number of nitriles is 1. The molecule has 0 spiro atoms. The summed E-state index contributed by atoms with van der Waals surface area (Å²) in [6.07, 6.45) is 2.92. The van der Waals surface area contributed by atoms with Crippen molar-refractivity contribution in [3.05, 3.63) is 102 Å². The standard InChI is InChI=1S/C30H24N2/c1-20(2)14-22-16-25(23-6-4-3-5-7-23)18-26(17-22)30-29-11-9-24-15-21(19-31)8-10-27(24)28(29)12-13-32-30/h3-13,15-18,20H,14H2,1-2H3. The molecule has 2 heteroatoms. The molecule has 0 aliphatic heterocycles. The number of fused-ring (bicyclic) bond motifs is 3. The maximum atomic E-state index is 9.25. The van der Waals surface area contributed by atoms with Crippen LogP contribution in [0.15, 0.2) is 91.1 Å². The number of rotatable bonds is 4. The van der Waals surface area contributed by atoms with Crippen LogP contribution in [0.25, 0.3) is 43.9 Å². The van der Waals surface area contributed by atoms with E-state index < -0.39 is 0 Å². The van der Waals surface area contributed by atoms with Gasteiger partial charge in [0.2, 0.25) is 0 Å². The number of pyridine rings is 1. The molecule has 32 heavy (non-hydrogen) atoms. The summed E-state index contributed by atoms with van der Waals surface area (Å²) in [5, 5.41) is 13.8. The molecule has 0 unspecified atom stereocenters. The molecule has 4 aromatic carbocycles. The summed E-state index contributed by atoms with van der Waals surface area (Å²) in [6, 6.07) is 31.8. The lowest BCUT2D eigenvalue weighted by molar-refractivity contribution is 0.647. The zero-order chi connectivity index (χ0) is 22.1. The first-order chi connectivity index (χ1) is 15.6. The van der Waals surface area contributed by atoms with Gasteiger partial charge in [0, 0.05) is 17.1 Å². The van der Waals surface area contributed by atoms with Gasteiger partial charge in [-0.15, -0.1) is 0 Å². The third-order valence-corrected chi connectivity index (χ3v) is 5.91. The van der Waals surface area contributed by atoms with Gasteiger partial charge in [0.15, 0.2) is 0 Å². The van der Waals surface area contributed by atoms with Gasteiger partial charge in [-0.2, -0.15) is 5.26 Å². The SMILES string of the molecule is CC(C)Cc1cc(-c2ccccc2)cc(-c2nccc3c2ccc2cc(C#N)ccc23)c1. The minimum absolute atomic E-state index is 0.577. The minimum atomic E-state index is 0.577. The van der Waals surface area contributed by atoms with Crippen molar-refractivity contribution in [1.29, 1.82) is 5.26 Å².